The summed E-state index contributed by atoms with van der Waals surface area (Å²) in [5, 5.41) is 1.66. The highest BCUT2D eigenvalue weighted by molar-refractivity contribution is 7.98. The zero-order valence-electron chi connectivity index (χ0n) is 10.7. The van der Waals surface area contributed by atoms with Crippen molar-refractivity contribution in [2.75, 3.05) is 19.1 Å². The van der Waals surface area contributed by atoms with Crippen molar-refractivity contribution in [2.24, 2.45) is 0 Å². The van der Waals surface area contributed by atoms with Crippen molar-refractivity contribution in [2.45, 2.75) is 30.2 Å². The SMILES string of the molecule is CCC(CSC)N(C)S(=O)(=O)c1csc(CCl)c1. The summed E-state index contributed by atoms with van der Waals surface area (Å²) in [5.41, 5.74) is 0. The number of rotatable bonds is 7. The second kappa shape index (κ2) is 7.14. The van der Waals surface area contributed by atoms with E-state index >= 15 is 0 Å². The Hall–Kier alpha value is 0.250. The summed E-state index contributed by atoms with van der Waals surface area (Å²) >= 11 is 8.75. The van der Waals surface area contributed by atoms with Gasteiger partial charge in [-0.15, -0.1) is 22.9 Å². The zero-order chi connectivity index (χ0) is 13.8. The van der Waals surface area contributed by atoms with Crippen LogP contribution in [0.2, 0.25) is 0 Å². The number of nitrogens with zero attached hydrogens (tertiary/aromatic N) is 1. The summed E-state index contributed by atoms with van der Waals surface area (Å²) in [6.07, 6.45) is 2.79. The lowest BCUT2D eigenvalue weighted by Crippen LogP contribution is -2.38. The van der Waals surface area contributed by atoms with Gasteiger partial charge in [0.25, 0.3) is 0 Å². The number of thiophene rings is 1. The Bertz CT molecular complexity index is 472. The van der Waals surface area contributed by atoms with E-state index in [0.29, 0.717) is 10.8 Å². The third kappa shape index (κ3) is 3.63. The summed E-state index contributed by atoms with van der Waals surface area (Å²) in [6, 6.07) is 1.69. The molecule has 1 rings (SSSR count). The second-order valence-electron chi connectivity index (χ2n) is 3.92. The molecule has 1 atom stereocenters. The highest BCUT2D eigenvalue weighted by atomic mass is 35.5. The molecule has 0 aliphatic carbocycles. The first kappa shape index (κ1) is 16.3. The number of hydrogen-bond donors (Lipinski definition) is 0. The molecule has 18 heavy (non-hydrogen) atoms. The molecular weight excluding hydrogens is 310 g/mol. The van der Waals surface area contributed by atoms with E-state index in [0.717, 1.165) is 17.1 Å². The second-order valence-corrected chi connectivity index (χ2v) is 8.09. The number of alkyl halides is 1. The molecule has 1 aromatic rings. The van der Waals surface area contributed by atoms with Gasteiger partial charge in [0.05, 0.1) is 10.8 Å². The Labute approximate surface area is 123 Å². The minimum atomic E-state index is -3.39. The van der Waals surface area contributed by atoms with Crippen LogP contribution in [0.15, 0.2) is 16.3 Å². The number of sulfonamides is 1. The van der Waals surface area contributed by atoms with Crippen LogP contribution in [0.25, 0.3) is 0 Å². The first-order valence-corrected chi connectivity index (χ1v) is 9.82. The van der Waals surface area contributed by atoms with Gasteiger partial charge in [0.2, 0.25) is 10.0 Å². The van der Waals surface area contributed by atoms with Gasteiger partial charge in [-0.05, 0) is 18.7 Å². The van der Waals surface area contributed by atoms with E-state index < -0.39 is 10.0 Å². The third-order valence-electron chi connectivity index (χ3n) is 2.78. The lowest BCUT2D eigenvalue weighted by molar-refractivity contribution is 0.385. The molecule has 0 saturated heterocycles. The summed E-state index contributed by atoms with van der Waals surface area (Å²) < 4.78 is 26.3. The van der Waals surface area contributed by atoms with Crippen molar-refractivity contribution >= 4 is 44.7 Å². The maximum atomic E-state index is 12.4. The lowest BCUT2D eigenvalue weighted by atomic mass is 10.3. The smallest absolute Gasteiger partial charge is 0.207 e. The van der Waals surface area contributed by atoms with Crippen LogP contribution in [0.4, 0.5) is 0 Å². The topological polar surface area (TPSA) is 37.4 Å². The minimum absolute atomic E-state index is 0.0318. The molecule has 0 saturated carbocycles. The summed E-state index contributed by atoms with van der Waals surface area (Å²) in [5.74, 6) is 1.16. The highest BCUT2D eigenvalue weighted by Gasteiger charge is 2.27. The fourth-order valence-corrected chi connectivity index (χ4v) is 5.34. The van der Waals surface area contributed by atoms with Gasteiger partial charge in [0.1, 0.15) is 0 Å². The van der Waals surface area contributed by atoms with Crippen molar-refractivity contribution in [3.05, 3.63) is 16.3 Å². The van der Waals surface area contributed by atoms with Crippen LogP contribution in [0.5, 0.6) is 0 Å². The fraction of sp³-hybridized carbons (Fsp3) is 0.636. The van der Waals surface area contributed by atoms with Gasteiger partial charge in [-0.3, -0.25) is 0 Å². The van der Waals surface area contributed by atoms with Crippen LogP contribution in [-0.4, -0.2) is 37.8 Å². The zero-order valence-corrected chi connectivity index (χ0v) is 13.9. The molecule has 0 amide bonds. The van der Waals surface area contributed by atoms with Gasteiger partial charge in [-0.25, -0.2) is 8.42 Å². The van der Waals surface area contributed by atoms with E-state index in [1.807, 2.05) is 13.2 Å². The summed E-state index contributed by atoms with van der Waals surface area (Å²) in [7, 11) is -1.74. The van der Waals surface area contributed by atoms with Crippen molar-refractivity contribution in [1.82, 2.24) is 4.31 Å². The fourth-order valence-electron chi connectivity index (χ4n) is 1.60. The van der Waals surface area contributed by atoms with Gasteiger partial charge >= 0.3 is 0 Å². The van der Waals surface area contributed by atoms with E-state index in [9.17, 15) is 8.42 Å². The standard InChI is InChI=1S/C11H18ClNO2S3/c1-4-9(7-16-3)13(2)18(14,15)11-5-10(6-12)17-8-11/h5,8-9H,4,6-7H2,1-3H3. The molecule has 0 fully saturated rings. The Morgan fingerprint density at radius 3 is 2.67 bits per heavy atom. The normalized spacial score (nSPS) is 14.1. The molecule has 0 radical (unpaired) electrons. The van der Waals surface area contributed by atoms with Crippen molar-refractivity contribution in [1.29, 1.82) is 0 Å². The highest BCUT2D eigenvalue weighted by Crippen LogP contribution is 2.25. The monoisotopic (exact) mass is 327 g/mol. The minimum Gasteiger partial charge on any atom is -0.207 e. The first-order valence-electron chi connectivity index (χ1n) is 5.57. The molecule has 0 bridgehead atoms. The van der Waals surface area contributed by atoms with Gasteiger partial charge in [-0.1, -0.05) is 6.92 Å². The molecule has 0 spiro atoms. The van der Waals surface area contributed by atoms with Crippen LogP contribution >= 0.6 is 34.7 Å². The predicted molar refractivity (Wildman–Crippen MR) is 81.3 cm³/mol. The molecular formula is C11H18ClNO2S3. The Kier molecular flexibility index (Phi) is 6.47. The molecule has 3 nitrogen and oxygen atoms in total. The van der Waals surface area contributed by atoms with Gasteiger partial charge in [-0.2, -0.15) is 16.1 Å². The van der Waals surface area contributed by atoms with Gasteiger partial charge in [0.15, 0.2) is 0 Å². The molecule has 1 heterocycles. The Balaban J connectivity index is 2.97. The Morgan fingerprint density at radius 2 is 2.22 bits per heavy atom. The average Bonchev–Trinajstić information content (AvgIpc) is 2.84. The largest absolute Gasteiger partial charge is 0.243 e. The van der Waals surface area contributed by atoms with Crippen LogP contribution in [0.3, 0.4) is 0 Å². The maximum Gasteiger partial charge on any atom is 0.243 e. The van der Waals surface area contributed by atoms with Crippen molar-refractivity contribution in [3.63, 3.8) is 0 Å². The average molecular weight is 328 g/mol. The van der Waals surface area contributed by atoms with Crippen LogP contribution < -0.4 is 0 Å². The molecule has 0 aliphatic heterocycles. The van der Waals surface area contributed by atoms with E-state index in [4.69, 9.17) is 11.6 Å². The van der Waals surface area contributed by atoms with Crippen molar-refractivity contribution in [3.8, 4) is 0 Å². The summed E-state index contributed by atoms with van der Waals surface area (Å²) in [6.45, 7) is 2.00. The quantitative estimate of drug-likeness (QED) is 0.721. The third-order valence-corrected chi connectivity index (χ3v) is 6.92. The number of halogens is 1. The molecule has 0 aliphatic rings. The van der Waals surface area contributed by atoms with E-state index in [-0.39, 0.29) is 6.04 Å². The van der Waals surface area contributed by atoms with E-state index in [1.54, 1.807) is 30.3 Å². The molecule has 1 aromatic heterocycles. The number of hydrogen-bond acceptors (Lipinski definition) is 4. The maximum absolute atomic E-state index is 12.4. The molecule has 7 heteroatoms. The molecule has 0 N–H and O–H groups in total. The summed E-state index contributed by atoms with van der Waals surface area (Å²) in [4.78, 5) is 1.23. The van der Waals surface area contributed by atoms with Crippen LogP contribution in [-0.2, 0) is 15.9 Å². The van der Waals surface area contributed by atoms with Gasteiger partial charge < -0.3 is 0 Å². The molecule has 104 valence electrons. The first-order chi connectivity index (χ1) is 8.47. The van der Waals surface area contributed by atoms with E-state index in [2.05, 4.69) is 0 Å². The molecule has 1 unspecified atom stereocenters. The Morgan fingerprint density at radius 1 is 1.56 bits per heavy atom. The predicted octanol–water partition coefficient (Wildman–Crippen LogP) is 3.25. The number of thioether (sulfide) groups is 1. The van der Waals surface area contributed by atoms with Crippen LogP contribution in [0.1, 0.15) is 18.2 Å². The van der Waals surface area contributed by atoms with Crippen molar-refractivity contribution < 1.29 is 8.42 Å². The van der Waals surface area contributed by atoms with Gasteiger partial charge in [0, 0.05) is 29.1 Å². The van der Waals surface area contributed by atoms with E-state index in [1.165, 1.54) is 15.6 Å². The van der Waals surface area contributed by atoms with Crippen LogP contribution in [0, 0.1) is 0 Å². The lowest BCUT2D eigenvalue weighted by Gasteiger charge is -2.25. The molecule has 0 aromatic carbocycles.